The highest BCUT2D eigenvalue weighted by molar-refractivity contribution is 6.06. The lowest BCUT2D eigenvalue weighted by molar-refractivity contribution is -0.136. The third-order valence-corrected chi connectivity index (χ3v) is 3.74. The van der Waals surface area contributed by atoms with Crippen LogP contribution in [0.3, 0.4) is 0 Å². The van der Waals surface area contributed by atoms with Crippen LogP contribution in [-0.4, -0.2) is 28.9 Å². The fraction of sp³-hybridized carbons (Fsp3) is 0.316. The van der Waals surface area contributed by atoms with Gasteiger partial charge >= 0.3 is 5.97 Å². The maximum Gasteiger partial charge on any atom is 0.311 e. The van der Waals surface area contributed by atoms with Crippen molar-refractivity contribution in [3.8, 4) is 0 Å². The first-order valence-electron chi connectivity index (χ1n) is 8.20. The van der Waals surface area contributed by atoms with Crippen molar-refractivity contribution >= 4 is 23.5 Å². The number of rotatable bonds is 6. The number of anilines is 1. The molecule has 26 heavy (non-hydrogen) atoms. The predicted octanol–water partition coefficient (Wildman–Crippen LogP) is 2.91. The lowest BCUT2D eigenvalue weighted by atomic mass is 10.1. The maximum absolute atomic E-state index is 12.5. The minimum absolute atomic E-state index is 0.0259. The summed E-state index contributed by atoms with van der Waals surface area (Å²) in [5.41, 5.74) is 2.53. The van der Waals surface area contributed by atoms with E-state index in [0.717, 1.165) is 5.56 Å². The van der Waals surface area contributed by atoms with Crippen LogP contribution in [0.5, 0.6) is 0 Å². The molecule has 2 rings (SSSR count). The maximum atomic E-state index is 12.5. The lowest BCUT2D eigenvalue weighted by Gasteiger charge is -2.12. The number of aliphatic carboxylic acids is 1. The van der Waals surface area contributed by atoms with E-state index < -0.39 is 11.9 Å². The highest BCUT2D eigenvalue weighted by Gasteiger charge is 2.21. The molecule has 0 bridgehead atoms. The molecule has 0 fully saturated rings. The van der Waals surface area contributed by atoms with E-state index >= 15 is 0 Å². The number of carboxylic acid groups (broad SMARTS) is 1. The molecule has 0 atom stereocenters. The Hall–Kier alpha value is -3.09. The quantitative estimate of drug-likeness (QED) is 0.736. The number of carbonyl (C=O) groups excluding carboxylic acids is 2. The van der Waals surface area contributed by atoms with Crippen LogP contribution in [0.4, 0.5) is 5.69 Å². The summed E-state index contributed by atoms with van der Waals surface area (Å²) in [7, 11) is 0. The van der Waals surface area contributed by atoms with E-state index in [1.54, 1.807) is 32.0 Å². The molecule has 2 amide bonds. The molecule has 0 unspecified atom stereocenters. The molecule has 2 aromatic rings. The Bertz CT molecular complexity index is 852. The van der Waals surface area contributed by atoms with Gasteiger partial charge in [0.1, 0.15) is 12.2 Å². The van der Waals surface area contributed by atoms with Crippen molar-refractivity contribution in [2.24, 2.45) is 0 Å². The van der Waals surface area contributed by atoms with Crippen molar-refractivity contribution in [2.45, 2.75) is 40.2 Å². The fourth-order valence-electron chi connectivity index (χ4n) is 2.60. The monoisotopic (exact) mass is 358 g/mol. The van der Waals surface area contributed by atoms with Crippen molar-refractivity contribution in [2.75, 3.05) is 5.32 Å². The summed E-state index contributed by atoms with van der Waals surface area (Å²) in [4.78, 5) is 35.6. The second-order valence-electron chi connectivity index (χ2n) is 6.40. The lowest BCUT2D eigenvalue weighted by Crippen LogP contribution is -2.30. The number of hydrogen-bond acceptors (Lipinski definition) is 4. The molecular weight excluding hydrogens is 336 g/mol. The van der Waals surface area contributed by atoms with Crippen molar-refractivity contribution in [3.63, 3.8) is 0 Å². The van der Waals surface area contributed by atoms with E-state index in [-0.39, 0.29) is 29.7 Å². The third-order valence-electron chi connectivity index (χ3n) is 3.74. The van der Waals surface area contributed by atoms with E-state index in [1.807, 2.05) is 13.8 Å². The van der Waals surface area contributed by atoms with Gasteiger partial charge < -0.3 is 20.2 Å². The second kappa shape index (κ2) is 7.86. The number of carboxylic acids is 1. The van der Waals surface area contributed by atoms with Crippen LogP contribution in [0.15, 0.2) is 28.9 Å². The Morgan fingerprint density at radius 2 is 1.81 bits per heavy atom. The van der Waals surface area contributed by atoms with Gasteiger partial charge in [0, 0.05) is 22.9 Å². The fourth-order valence-corrected chi connectivity index (χ4v) is 2.60. The molecule has 138 valence electrons. The van der Waals surface area contributed by atoms with Crippen LogP contribution in [0.25, 0.3) is 0 Å². The Morgan fingerprint density at radius 3 is 2.38 bits per heavy atom. The number of aryl methyl sites for hydroxylation is 2. The third kappa shape index (κ3) is 4.50. The number of furan rings is 1. The summed E-state index contributed by atoms with van der Waals surface area (Å²) in [6.45, 7) is 7.21. The Kier molecular flexibility index (Phi) is 5.82. The highest BCUT2D eigenvalue weighted by Crippen LogP contribution is 2.21. The first-order valence-corrected chi connectivity index (χ1v) is 8.20. The number of carbonyl (C=O) groups is 3. The molecule has 1 aromatic heterocycles. The molecular formula is C19H22N2O5. The van der Waals surface area contributed by atoms with Gasteiger partial charge in [-0.1, -0.05) is 0 Å². The predicted molar refractivity (Wildman–Crippen MR) is 96.5 cm³/mol. The first-order chi connectivity index (χ1) is 12.2. The number of amides is 2. The van der Waals surface area contributed by atoms with Crippen LogP contribution in [0.1, 0.15) is 51.5 Å². The molecule has 0 aliphatic carbocycles. The van der Waals surface area contributed by atoms with Gasteiger partial charge in [-0.3, -0.25) is 14.4 Å². The number of hydrogen-bond donors (Lipinski definition) is 3. The van der Waals surface area contributed by atoms with Gasteiger partial charge in [0.05, 0.1) is 11.8 Å². The molecule has 3 N–H and O–H groups in total. The van der Waals surface area contributed by atoms with Crippen molar-refractivity contribution in [3.05, 3.63) is 52.5 Å². The molecule has 0 radical (unpaired) electrons. The second-order valence-corrected chi connectivity index (χ2v) is 6.40. The van der Waals surface area contributed by atoms with Gasteiger partial charge in [-0.05, 0) is 51.5 Å². The van der Waals surface area contributed by atoms with Crippen LogP contribution < -0.4 is 10.6 Å². The zero-order chi connectivity index (χ0) is 19.4. The van der Waals surface area contributed by atoms with Gasteiger partial charge in [-0.15, -0.1) is 0 Å². The number of nitrogens with one attached hydrogen (secondary N) is 2. The highest BCUT2D eigenvalue weighted by atomic mass is 16.4. The van der Waals surface area contributed by atoms with E-state index in [2.05, 4.69) is 10.6 Å². The Labute approximate surface area is 151 Å². The van der Waals surface area contributed by atoms with Crippen LogP contribution in [0.2, 0.25) is 0 Å². The van der Waals surface area contributed by atoms with Gasteiger partial charge in [0.25, 0.3) is 11.8 Å². The summed E-state index contributed by atoms with van der Waals surface area (Å²) in [6.07, 6.45) is 0.988. The Balaban J connectivity index is 2.20. The molecule has 0 saturated carbocycles. The van der Waals surface area contributed by atoms with Crippen LogP contribution in [0, 0.1) is 13.8 Å². The normalized spacial score (nSPS) is 10.7. The van der Waals surface area contributed by atoms with E-state index in [0.29, 0.717) is 16.8 Å². The van der Waals surface area contributed by atoms with Crippen molar-refractivity contribution in [1.82, 2.24) is 5.32 Å². The molecule has 0 aliphatic heterocycles. The molecule has 0 saturated heterocycles. The molecule has 0 spiro atoms. The van der Waals surface area contributed by atoms with Gasteiger partial charge in [0.2, 0.25) is 0 Å². The topological polar surface area (TPSA) is 109 Å². The van der Waals surface area contributed by atoms with E-state index in [4.69, 9.17) is 9.52 Å². The average Bonchev–Trinajstić information content (AvgIpc) is 2.86. The first kappa shape index (κ1) is 19.2. The van der Waals surface area contributed by atoms with Crippen LogP contribution >= 0.6 is 0 Å². The zero-order valence-electron chi connectivity index (χ0n) is 15.2. The minimum Gasteiger partial charge on any atom is -0.481 e. The van der Waals surface area contributed by atoms with Gasteiger partial charge in [-0.2, -0.15) is 0 Å². The van der Waals surface area contributed by atoms with E-state index in [1.165, 1.54) is 6.26 Å². The minimum atomic E-state index is -1.08. The smallest absolute Gasteiger partial charge is 0.311 e. The van der Waals surface area contributed by atoms with E-state index in [9.17, 15) is 14.4 Å². The summed E-state index contributed by atoms with van der Waals surface area (Å²) in [5.74, 6) is -1.60. The molecule has 1 aromatic carbocycles. The Morgan fingerprint density at radius 1 is 1.12 bits per heavy atom. The van der Waals surface area contributed by atoms with Crippen molar-refractivity contribution in [1.29, 1.82) is 0 Å². The molecule has 7 heteroatoms. The average molecular weight is 358 g/mol. The summed E-state index contributed by atoms with van der Waals surface area (Å²) < 4.78 is 5.18. The summed E-state index contributed by atoms with van der Waals surface area (Å²) in [5, 5.41) is 14.5. The molecule has 0 aliphatic rings. The number of benzene rings is 1. The zero-order valence-corrected chi connectivity index (χ0v) is 15.2. The van der Waals surface area contributed by atoms with Gasteiger partial charge in [0.15, 0.2) is 0 Å². The standard InChI is InChI=1S/C19H22N2O5/c1-10(2)20-18(24)14-6-5-13(7-11(14)3)21-19(25)17-12(4)9-26-15(17)8-16(22)23/h5-7,9-10H,8H2,1-4H3,(H,20,24)(H,21,25)(H,22,23). The molecule has 1 heterocycles. The summed E-state index contributed by atoms with van der Waals surface area (Å²) >= 11 is 0. The SMILES string of the molecule is Cc1cc(NC(=O)c2c(C)coc2CC(=O)O)ccc1C(=O)NC(C)C. The van der Waals surface area contributed by atoms with Crippen LogP contribution in [-0.2, 0) is 11.2 Å². The molecule has 7 nitrogen and oxygen atoms in total. The van der Waals surface area contributed by atoms with Gasteiger partial charge in [-0.25, -0.2) is 0 Å². The largest absolute Gasteiger partial charge is 0.481 e. The summed E-state index contributed by atoms with van der Waals surface area (Å²) in [6, 6.07) is 4.99. The van der Waals surface area contributed by atoms with Crippen molar-refractivity contribution < 1.29 is 23.9 Å².